The molecule has 0 saturated carbocycles. The highest BCUT2D eigenvalue weighted by atomic mass is 17.1. The van der Waals surface area contributed by atoms with E-state index in [4.69, 9.17) is 35.0 Å². The number of aliphatic hydroxyl groups excluding tert-OH is 1. The second kappa shape index (κ2) is 9.65. The molecule has 0 radical (unpaired) electrons. The summed E-state index contributed by atoms with van der Waals surface area (Å²) in [6.45, 7) is -0.135. The highest BCUT2D eigenvalue weighted by Crippen LogP contribution is 2.29. The minimum absolute atomic E-state index is 0.00484. The van der Waals surface area contributed by atoms with Crippen LogP contribution >= 0.6 is 0 Å². The van der Waals surface area contributed by atoms with Gasteiger partial charge >= 0.3 is 5.97 Å². The number of fused-ring (bicyclic) bond motifs is 1. The summed E-state index contributed by atoms with van der Waals surface area (Å²) < 4.78 is 15.9. The number of hydrogen-bond acceptors (Lipinski definition) is 13. The van der Waals surface area contributed by atoms with Gasteiger partial charge in [0.1, 0.15) is 31.0 Å². The van der Waals surface area contributed by atoms with Crippen molar-refractivity contribution in [2.24, 2.45) is 0 Å². The molecule has 0 amide bonds. The van der Waals surface area contributed by atoms with E-state index in [2.05, 4.69) is 9.68 Å². The Kier molecular flexibility index (Phi) is 7.85. The molecule has 0 aliphatic carbocycles. The van der Waals surface area contributed by atoms with Crippen molar-refractivity contribution in [3.63, 3.8) is 0 Å². The largest absolute Gasteiger partial charge is 0.457 e. The van der Waals surface area contributed by atoms with Crippen LogP contribution in [0, 0.1) is 0 Å². The first-order valence-corrected chi connectivity index (χ1v) is 7.63. The van der Waals surface area contributed by atoms with Gasteiger partial charge in [-0.2, -0.15) is 0 Å². The molecule has 2 aliphatic rings. The lowest BCUT2D eigenvalue weighted by Gasteiger charge is -2.19. The Labute approximate surface area is 142 Å². The lowest BCUT2D eigenvalue weighted by atomic mass is 10.1. The molecule has 2 saturated heterocycles. The van der Waals surface area contributed by atoms with E-state index in [0.717, 1.165) is 0 Å². The molecule has 5 atom stereocenters. The van der Waals surface area contributed by atoms with E-state index in [1.165, 1.54) is 0 Å². The van der Waals surface area contributed by atoms with Crippen LogP contribution in [0.1, 0.15) is 19.3 Å². The molecule has 2 aliphatic heterocycles. The third-order valence-electron chi connectivity index (χ3n) is 3.79. The average Bonchev–Trinajstić information content (AvgIpc) is 3.08. The number of ether oxygens (including phenoxy) is 3. The quantitative estimate of drug-likeness (QED) is 0.225. The first kappa shape index (κ1) is 20.3. The maximum absolute atomic E-state index is 11.9. The van der Waals surface area contributed by atoms with Crippen LogP contribution in [0.5, 0.6) is 0 Å². The molecule has 2 heterocycles. The van der Waals surface area contributed by atoms with Crippen molar-refractivity contribution in [1.29, 1.82) is 0 Å². The normalized spacial score (nSPS) is 30.0. The molecule has 0 aromatic rings. The molecule has 5 N–H and O–H groups in total. The summed E-state index contributed by atoms with van der Waals surface area (Å²) in [6, 6.07) is 0. The number of carbonyl (C=O) groups is 1. The van der Waals surface area contributed by atoms with E-state index in [0.29, 0.717) is 0 Å². The Balaban J connectivity index is 1.68. The van der Waals surface area contributed by atoms with E-state index in [9.17, 15) is 9.90 Å². The highest BCUT2D eigenvalue weighted by molar-refractivity contribution is 5.69. The second-order valence-electron chi connectivity index (χ2n) is 5.61. The van der Waals surface area contributed by atoms with Crippen LogP contribution in [0.25, 0.3) is 0 Å². The van der Waals surface area contributed by atoms with E-state index >= 15 is 0 Å². The van der Waals surface area contributed by atoms with Crippen LogP contribution < -0.4 is 0 Å². The average molecular weight is 370 g/mol. The summed E-state index contributed by atoms with van der Waals surface area (Å²) >= 11 is 0. The minimum Gasteiger partial charge on any atom is -0.457 e. The maximum atomic E-state index is 11.9. The molecule has 13 heteroatoms. The van der Waals surface area contributed by atoms with Crippen molar-refractivity contribution < 1.29 is 54.6 Å². The predicted molar refractivity (Wildman–Crippen MR) is 70.9 cm³/mol. The molecule has 25 heavy (non-hydrogen) atoms. The molecule has 0 spiro atoms. The van der Waals surface area contributed by atoms with Gasteiger partial charge < -0.3 is 19.3 Å². The van der Waals surface area contributed by atoms with E-state index in [1.807, 2.05) is 0 Å². The van der Waals surface area contributed by atoms with Crippen LogP contribution in [0.2, 0.25) is 0 Å². The second-order valence-corrected chi connectivity index (χ2v) is 5.61. The Morgan fingerprint density at radius 2 is 1.84 bits per heavy atom. The van der Waals surface area contributed by atoms with Gasteiger partial charge in [0, 0.05) is 6.42 Å². The first-order chi connectivity index (χ1) is 11.9. The van der Waals surface area contributed by atoms with Gasteiger partial charge in [-0.25, -0.2) is 9.68 Å². The SMILES string of the molecule is O=C(CCC[C@@H](CON(O)O)ON(O)O)O[C@@H]1COC2[C@H](O)CO[C@@H]21. The van der Waals surface area contributed by atoms with E-state index < -0.39 is 53.9 Å². The fraction of sp³-hybridized carbons (Fsp3) is 0.917. The number of nitrogens with zero attached hydrogens (tertiary/aromatic N) is 2. The van der Waals surface area contributed by atoms with Crippen LogP contribution in [0.15, 0.2) is 0 Å². The van der Waals surface area contributed by atoms with Gasteiger partial charge in [-0.15, -0.1) is 0 Å². The van der Waals surface area contributed by atoms with Gasteiger partial charge in [0.05, 0.1) is 24.0 Å². The predicted octanol–water partition coefficient (Wildman–Crippen LogP) is -1.38. The molecular formula is C12H22N2O11. The summed E-state index contributed by atoms with van der Waals surface area (Å²) in [5.41, 5.74) is 0. The monoisotopic (exact) mass is 370 g/mol. The van der Waals surface area contributed by atoms with Gasteiger partial charge in [0.15, 0.2) is 6.10 Å². The van der Waals surface area contributed by atoms with Crippen molar-refractivity contribution in [1.82, 2.24) is 10.8 Å². The molecule has 0 bridgehead atoms. The number of esters is 1. The lowest BCUT2D eigenvalue weighted by Crippen LogP contribution is -2.34. The van der Waals surface area contributed by atoms with Crippen molar-refractivity contribution in [3.8, 4) is 0 Å². The number of rotatable bonds is 10. The Morgan fingerprint density at radius 1 is 1.12 bits per heavy atom. The van der Waals surface area contributed by atoms with E-state index in [-0.39, 0.29) is 32.5 Å². The van der Waals surface area contributed by atoms with Crippen molar-refractivity contribution in [3.05, 3.63) is 0 Å². The third-order valence-corrected chi connectivity index (χ3v) is 3.79. The smallest absolute Gasteiger partial charge is 0.306 e. The lowest BCUT2D eigenvalue weighted by molar-refractivity contribution is -0.527. The van der Waals surface area contributed by atoms with Gasteiger partial charge in [-0.1, -0.05) is 0 Å². The summed E-state index contributed by atoms with van der Waals surface area (Å²) in [4.78, 5) is 20.7. The maximum Gasteiger partial charge on any atom is 0.306 e. The molecule has 1 unspecified atom stereocenters. The topological polar surface area (TPSA) is 171 Å². The van der Waals surface area contributed by atoms with Crippen molar-refractivity contribution in [2.45, 2.75) is 49.8 Å². The fourth-order valence-electron chi connectivity index (χ4n) is 2.70. The molecular weight excluding hydrogens is 348 g/mol. The number of aliphatic hydroxyl groups is 1. The Bertz CT molecular complexity index is 424. The van der Waals surface area contributed by atoms with Crippen LogP contribution in [0.3, 0.4) is 0 Å². The fourth-order valence-corrected chi connectivity index (χ4v) is 2.70. The van der Waals surface area contributed by atoms with Gasteiger partial charge in [-0.3, -0.25) is 25.6 Å². The molecule has 0 aromatic carbocycles. The summed E-state index contributed by atoms with van der Waals surface area (Å²) in [5, 5.41) is 42.7. The van der Waals surface area contributed by atoms with Crippen molar-refractivity contribution >= 4 is 5.97 Å². The summed E-state index contributed by atoms with van der Waals surface area (Å²) in [5.74, 6) is -0.519. The summed E-state index contributed by atoms with van der Waals surface area (Å²) in [6.07, 6.45) is -2.90. The Morgan fingerprint density at radius 3 is 2.52 bits per heavy atom. The molecule has 2 fully saturated rings. The molecule has 13 nitrogen and oxygen atoms in total. The number of carbonyl (C=O) groups excluding carboxylic acids is 1. The molecule has 0 aromatic heterocycles. The third kappa shape index (κ3) is 6.36. The zero-order chi connectivity index (χ0) is 18.4. The van der Waals surface area contributed by atoms with Gasteiger partial charge in [0.2, 0.25) is 0 Å². The standard InChI is InChI=1S/C12H22N2O11/c15-8-5-21-12-9(6-22-11(8)12)24-10(16)3-1-2-7(25-14(19)20)4-23-13(17)18/h7-9,11-12,15,17-20H,1-6H2/t7-,8+,9+,11?,12+/m0/s1. The highest BCUT2D eigenvalue weighted by Gasteiger charge is 2.48. The number of hydrogen-bond donors (Lipinski definition) is 5. The zero-order valence-corrected chi connectivity index (χ0v) is 13.2. The first-order valence-electron chi connectivity index (χ1n) is 7.63. The van der Waals surface area contributed by atoms with Gasteiger partial charge in [0.25, 0.3) is 0 Å². The minimum atomic E-state index is -0.961. The van der Waals surface area contributed by atoms with Gasteiger partial charge in [-0.05, 0) is 12.8 Å². The molecule has 146 valence electrons. The molecule has 2 rings (SSSR count). The van der Waals surface area contributed by atoms with Crippen LogP contribution in [-0.4, -0.2) is 93.0 Å². The van der Waals surface area contributed by atoms with Crippen LogP contribution in [-0.2, 0) is 28.7 Å². The van der Waals surface area contributed by atoms with Crippen LogP contribution in [0.4, 0.5) is 0 Å². The van der Waals surface area contributed by atoms with E-state index in [1.54, 1.807) is 0 Å². The zero-order valence-electron chi connectivity index (χ0n) is 13.2. The van der Waals surface area contributed by atoms with Crippen molar-refractivity contribution in [2.75, 3.05) is 19.8 Å². The summed E-state index contributed by atoms with van der Waals surface area (Å²) in [7, 11) is 0. The Hall–Kier alpha value is -0.970.